The van der Waals surface area contributed by atoms with E-state index >= 15 is 0 Å². The number of likely N-dealkylation sites (tertiary alicyclic amines) is 2. The normalized spacial score (nSPS) is 19.0. The first-order valence-corrected chi connectivity index (χ1v) is 21.8. The predicted octanol–water partition coefficient (Wildman–Crippen LogP) is -0.932. The molecule has 0 radical (unpaired) electrons. The van der Waals surface area contributed by atoms with E-state index in [-0.39, 0.29) is 38.1 Å². The van der Waals surface area contributed by atoms with Gasteiger partial charge in [-0.1, -0.05) is 32.4 Å². The molecule has 1 aromatic rings. The SMILES string of the molecule is CC[C@H](C)[C@H](NC(=O)[C@@H]1CCCN1C(=O)[C@@H]1CCCN1C(=O)[C@H](C)NC(=O)[C@H](Cc1ccc(O)cc1)NC(=O)[C@@H](N)CCSC)C(=O)N[C@@H](CCC(=O)O)C(=O)NCC(=O)O. The van der Waals surface area contributed by atoms with Gasteiger partial charge in [-0.3, -0.25) is 43.2 Å². The number of phenolic OH excluding ortho intramolecular Hbond substituents is 1. The lowest BCUT2D eigenvalue weighted by atomic mass is 9.97. The van der Waals surface area contributed by atoms with Gasteiger partial charge in [0.1, 0.15) is 48.5 Å². The van der Waals surface area contributed by atoms with Crippen LogP contribution in [0.4, 0.5) is 0 Å². The van der Waals surface area contributed by atoms with Crippen LogP contribution in [0.1, 0.15) is 77.7 Å². The number of carboxylic acids is 2. The number of hydrogen-bond acceptors (Lipinski definition) is 12. The van der Waals surface area contributed by atoms with Crippen molar-refractivity contribution in [2.24, 2.45) is 11.7 Å². The lowest BCUT2D eigenvalue weighted by Crippen LogP contribution is -2.60. The van der Waals surface area contributed by atoms with Crippen molar-refractivity contribution >= 4 is 65.1 Å². The van der Waals surface area contributed by atoms with E-state index in [9.17, 15) is 53.4 Å². The van der Waals surface area contributed by atoms with Crippen molar-refractivity contribution in [2.45, 2.75) is 121 Å². The fourth-order valence-electron chi connectivity index (χ4n) is 7.17. The van der Waals surface area contributed by atoms with Crippen LogP contribution in [-0.2, 0) is 49.6 Å². The molecule has 1 aromatic carbocycles. The summed E-state index contributed by atoms with van der Waals surface area (Å²) in [6.45, 7) is 4.57. The molecular weight excluding hydrogens is 817 g/mol. The summed E-state index contributed by atoms with van der Waals surface area (Å²) in [6.07, 6.45) is 3.31. The first-order chi connectivity index (χ1) is 28.9. The molecule has 0 bridgehead atoms. The summed E-state index contributed by atoms with van der Waals surface area (Å²) in [4.78, 5) is 120. The third-order valence-electron chi connectivity index (χ3n) is 10.9. The molecule has 8 atom stereocenters. The predicted molar refractivity (Wildman–Crippen MR) is 223 cm³/mol. The Morgan fingerprint density at radius 3 is 2.02 bits per heavy atom. The number of carboxylic acid groups (broad SMARTS) is 2. The first kappa shape index (κ1) is 49.9. The van der Waals surface area contributed by atoms with E-state index in [2.05, 4.69) is 26.6 Å². The topological polar surface area (TPSA) is 307 Å². The Morgan fingerprint density at radius 1 is 0.787 bits per heavy atom. The highest BCUT2D eigenvalue weighted by Gasteiger charge is 2.44. The van der Waals surface area contributed by atoms with Gasteiger partial charge in [0.25, 0.3) is 0 Å². The number of rotatable bonds is 23. The van der Waals surface area contributed by atoms with Crippen LogP contribution in [0.3, 0.4) is 0 Å². The molecule has 2 aliphatic rings. The van der Waals surface area contributed by atoms with Gasteiger partial charge in [0.2, 0.25) is 41.4 Å². The van der Waals surface area contributed by atoms with Gasteiger partial charge in [0, 0.05) is 25.9 Å². The highest BCUT2D eigenvalue weighted by molar-refractivity contribution is 7.98. The smallest absolute Gasteiger partial charge is 0.322 e. The zero-order valence-electron chi connectivity index (χ0n) is 35.0. The van der Waals surface area contributed by atoms with Gasteiger partial charge in [-0.2, -0.15) is 11.8 Å². The largest absolute Gasteiger partial charge is 0.508 e. The number of aromatic hydroxyl groups is 1. The Labute approximate surface area is 358 Å². The number of hydrogen-bond donors (Lipinski definition) is 9. The number of benzene rings is 1. The second-order valence-corrected chi connectivity index (χ2v) is 16.4. The average molecular weight is 877 g/mol. The molecule has 338 valence electrons. The Bertz CT molecular complexity index is 1750. The molecule has 0 aliphatic carbocycles. The van der Waals surface area contributed by atoms with Gasteiger partial charge in [0.15, 0.2) is 0 Å². The van der Waals surface area contributed by atoms with Gasteiger partial charge >= 0.3 is 11.9 Å². The van der Waals surface area contributed by atoms with Crippen molar-refractivity contribution in [1.82, 2.24) is 36.4 Å². The van der Waals surface area contributed by atoms with Crippen molar-refractivity contribution in [2.75, 3.05) is 31.6 Å². The van der Waals surface area contributed by atoms with Crippen molar-refractivity contribution in [3.63, 3.8) is 0 Å². The third kappa shape index (κ3) is 14.9. The van der Waals surface area contributed by atoms with Crippen LogP contribution in [0.25, 0.3) is 0 Å². The van der Waals surface area contributed by atoms with Crippen LogP contribution >= 0.6 is 11.8 Å². The first-order valence-electron chi connectivity index (χ1n) is 20.4. The summed E-state index contributed by atoms with van der Waals surface area (Å²) >= 11 is 1.52. The summed E-state index contributed by atoms with van der Waals surface area (Å²) in [7, 11) is 0. The molecule has 2 heterocycles. The maximum absolute atomic E-state index is 14.2. The maximum Gasteiger partial charge on any atom is 0.322 e. The number of amides is 7. The van der Waals surface area contributed by atoms with Gasteiger partial charge in [0.05, 0.1) is 6.04 Å². The maximum atomic E-state index is 14.2. The van der Waals surface area contributed by atoms with E-state index < -0.39 is 114 Å². The molecule has 0 unspecified atom stereocenters. The summed E-state index contributed by atoms with van der Waals surface area (Å²) < 4.78 is 0. The monoisotopic (exact) mass is 876 g/mol. The molecule has 10 N–H and O–H groups in total. The highest BCUT2D eigenvalue weighted by Crippen LogP contribution is 2.26. The zero-order chi connectivity index (χ0) is 45.4. The van der Waals surface area contributed by atoms with Crippen LogP contribution in [0, 0.1) is 5.92 Å². The number of nitrogens with one attached hydrogen (secondary N) is 5. The summed E-state index contributed by atoms with van der Waals surface area (Å²) in [5.74, 6) is -7.02. The van der Waals surface area contributed by atoms with Crippen LogP contribution in [0.5, 0.6) is 5.75 Å². The van der Waals surface area contributed by atoms with Gasteiger partial charge in [-0.15, -0.1) is 0 Å². The number of phenols is 1. The number of nitrogens with two attached hydrogens (primary N) is 1. The van der Waals surface area contributed by atoms with Crippen LogP contribution in [-0.4, -0.2) is 152 Å². The van der Waals surface area contributed by atoms with E-state index in [0.29, 0.717) is 43.4 Å². The van der Waals surface area contributed by atoms with Crippen LogP contribution in [0.2, 0.25) is 0 Å². The van der Waals surface area contributed by atoms with E-state index in [1.165, 1.54) is 40.6 Å². The van der Waals surface area contributed by atoms with E-state index in [1.807, 2.05) is 6.26 Å². The van der Waals surface area contributed by atoms with Crippen molar-refractivity contribution in [1.29, 1.82) is 0 Å². The lowest BCUT2D eigenvalue weighted by Gasteiger charge is -2.33. The van der Waals surface area contributed by atoms with Crippen molar-refractivity contribution in [3.8, 4) is 5.75 Å². The van der Waals surface area contributed by atoms with Crippen LogP contribution < -0.4 is 32.3 Å². The lowest BCUT2D eigenvalue weighted by molar-refractivity contribution is -0.148. The number of carbonyl (C=O) groups excluding carboxylic acids is 7. The quantitative estimate of drug-likeness (QED) is 0.0642. The minimum Gasteiger partial charge on any atom is -0.508 e. The fourth-order valence-corrected chi connectivity index (χ4v) is 7.66. The van der Waals surface area contributed by atoms with Crippen molar-refractivity contribution < 1.29 is 58.5 Å². The molecule has 0 aromatic heterocycles. The summed E-state index contributed by atoms with van der Waals surface area (Å²) in [5, 5.41) is 40.5. The molecular formula is C40H60N8O12S. The van der Waals surface area contributed by atoms with E-state index in [4.69, 9.17) is 10.8 Å². The second-order valence-electron chi connectivity index (χ2n) is 15.4. The molecule has 2 saturated heterocycles. The Kier molecular flexibility index (Phi) is 19.7. The molecule has 20 nitrogen and oxygen atoms in total. The number of thioether (sulfide) groups is 1. The molecule has 0 spiro atoms. The Balaban J connectivity index is 1.73. The second kappa shape index (κ2) is 24.1. The molecule has 2 fully saturated rings. The average Bonchev–Trinajstić information content (AvgIpc) is 3.93. The molecule has 61 heavy (non-hydrogen) atoms. The standard InChI is InChI=1S/C40H60N8O12S/c1-5-22(2)33(38(58)44-27(14-15-31(50)51)35(55)42-21-32(52)53)46-37(57)29-8-6-17-47(29)40(60)30-9-7-18-48(30)39(59)23(3)43-36(56)28(20-24-10-12-25(49)13-11-24)45-34(54)26(41)16-19-61-4/h10-13,22-23,26-30,33,49H,5-9,14-21,41H2,1-4H3,(H,42,55)(H,43,56)(H,44,58)(H,45,54)(H,46,57)(H,50,51)(H,52,53)/t22-,23-,26-,27-,28-,29-,30-,33-/m0/s1. The molecule has 0 saturated carbocycles. The fraction of sp³-hybridized carbons (Fsp3) is 0.625. The molecule has 2 aliphatic heterocycles. The van der Waals surface area contributed by atoms with Gasteiger partial charge < -0.3 is 57.4 Å². The molecule has 7 amide bonds. The highest BCUT2D eigenvalue weighted by atomic mass is 32.2. The minimum atomic E-state index is -1.41. The molecule has 3 rings (SSSR count). The molecule has 21 heteroatoms. The third-order valence-corrected chi connectivity index (χ3v) is 11.5. The Morgan fingerprint density at radius 2 is 1.41 bits per heavy atom. The van der Waals surface area contributed by atoms with E-state index in [0.717, 1.165) is 0 Å². The van der Waals surface area contributed by atoms with Gasteiger partial charge in [-0.25, -0.2) is 0 Å². The number of carbonyl (C=O) groups is 9. The van der Waals surface area contributed by atoms with Gasteiger partial charge in [-0.05, 0) is 81.1 Å². The van der Waals surface area contributed by atoms with E-state index in [1.54, 1.807) is 26.0 Å². The Hall–Kier alpha value is -5.44. The minimum absolute atomic E-state index is 0.0183. The number of nitrogens with zero attached hydrogens (tertiary/aromatic N) is 2. The summed E-state index contributed by atoms with van der Waals surface area (Å²) in [6, 6.07) is -1.61. The number of aliphatic carboxylic acids is 2. The summed E-state index contributed by atoms with van der Waals surface area (Å²) in [5.41, 5.74) is 6.69. The van der Waals surface area contributed by atoms with Crippen LogP contribution in [0.15, 0.2) is 24.3 Å². The van der Waals surface area contributed by atoms with Crippen molar-refractivity contribution in [3.05, 3.63) is 29.8 Å². The zero-order valence-corrected chi connectivity index (χ0v) is 35.8.